The lowest BCUT2D eigenvalue weighted by molar-refractivity contribution is -0.133. The normalized spacial score (nSPS) is 16.8. The molecule has 0 spiro atoms. The first-order chi connectivity index (χ1) is 12.1. The molecule has 1 heterocycles. The van der Waals surface area contributed by atoms with Crippen molar-refractivity contribution in [3.63, 3.8) is 0 Å². The second-order valence-corrected chi connectivity index (χ2v) is 7.04. The lowest BCUT2D eigenvalue weighted by Gasteiger charge is -2.31. The highest BCUT2D eigenvalue weighted by Crippen LogP contribution is 2.23. The van der Waals surface area contributed by atoms with Gasteiger partial charge in [0.2, 0.25) is 11.9 Å². The summed E-state index contributed by atoms with van der Waals surface area (Å²) in [6, 6.07) is 8.16. The number of hydrogen-bond acceptors (Lipinski definition) is 4. The average molecular weight is 344 g/mol. The molecule has 1 atom stereocenters. The molecule has 0 radical (unpaired) electrons. The maximum Gasteiger partial charge on any atom is 0.242 e. The number of rotatable bonds is 6. The van der Waals surface area contributed by atoms with Gasteiger partial charge in [0.05, 0.1) is 17.1 Å². The van der Waals surface area contributed by atoms with Crippen molar-refractivity contribution in [2.45, 2.75) is 57.7 Å². The number of amides is 1. The quantitative estimate of drug-likeness (QED) is 0.845. The number of carbonyl (C=O) groups is 1. The van der Waals surface area contributed by atoms with E-state index in [2.05, 4.69) is 10.3 Å². The Kier molecular flexibility index (Phi) is 5.58. The Labute approximate surface area is 148 Å². The predicted molar refractivity (Wildman–Crippen MR) is 99.5 cm³/mol. The van der Waals surface area contributed by atoms with Gasteiger partial charge in [-0.25, -0.2) is 4.98 Å². The number of anilines is 1. The van der Waals surface area contributed by atoms with Crippen LogP contribution in [0.25, 0.3) is 11.0 Å². The summed E-state index contributed by atoms with van der Waals surface area (Å²) in [5.74, 6) is 0.739. The molecular formula is C19H28N4O2. The molecule has 1 aliphatic carbocycles. The number of hydrogen-bond donors (Lipinski definition) is 2. The molecule has 6 heteroatoms. The molecule has 1 fully saturated rings. The number of benzene rings is 1. The van der Waals surface area contributed by atoms with Crippen molar-refractivity contribution >= 4 is 22.9 Å². The van der Waals surface area contributed by atoms with Crippen molar-refractivity contribution in [2.24, 2.45) is 0 Å². The fraction of sp³-hybridized carbons (Fsp3) is 0.579. The number of imidazole rings is 1. The Hall–Kier alpha value is -2.08. The monoisotopic (exact) mass is 344 g/mol. The van der Waals surface area contributed by atoms with Gasteiger partial charge in [0, 0.05) is 19.6 Å². The van der Waals surface area contributed by atoms with Gasteiger partial charge in [-0.15, -0.1) is 0 Å². The van der Waals surface area contributed by atoms with E-state index < -0.39 is 6.10 Å². The van der Waals surface area contributed by atoms with Crippen LogP contribution in [0.5, 0.6) is 0 Å². The molecule has 6 nitrogen and oxygen atoms in total. The molecule has 3 rings (SSSR count). The zero-order valence-electron chi connectivity index (χ0n) is 15.1. The average Bonchev–Trinajstić information content (AvgIpc) is 2.97. The second kappa shape index (κ2) is 7.87. The molecular weight excluding hydrogens is 316 g/mol. The molecule has 2 aromatic rings. The first-order valence-corrected chi connectivity index (χ1v) is 9.19. The van der Waals surface area contributed by atoms with E-state index in [1.165, 1.54) is 19.3 Å². The summed E-state index contributed by atoms with van der Waals surface area (Å²) in [7, 11) is 1.92. The van der Waals surface area contributed by atoms with Crippen LogP contribution in [0.2, 0.25) is 0 Å². The highest BCUT2D eigenvalue weighted by Gasteiger charge is 2.23. The van der Waals surface area contributed by atoms with E-state index in [0.29, 0.717) is 18.5 Å². The highest BCUT2D eigenvalue weighted by molar-refractivity contribution is 5.83. The minimum absolute atomic E-state index is 0.107. The fourth-order valence-electron chi connectivity index (χ4n) is 3.53. The third kappa shape index (κ3) is 4.12. The number of nitrogens with zero attached hydrogens (tertiary/aromatic N) is 3. The standard InChI is InChI=1S/C19H28N4O2/c1-14(24)12-20-19-21-16-10-6-7-11-17(16)23(19)13-18(25)22(2)15-8-4-3-5-9-15/h6-7,10-11,14-15,24H,3-5,8-9,12-13H2,1-2H3,(H,20,21)/t14-/m1/s1. The van der Waals surface area contributed by atoms with Gasteiger partial charge in [0.25, 0.3) is 0 Å². The molecule has 1 saturated carbocycles. The maximum absolute atomic E-state index is 12.8. The number of para-hydroxylation sites is 2. The minimum atomic E-state index is -0.478. The topological polar surface area (TPSA) is 70.4 Å². The number of nitrogens with one attached hydrogen (secondary N) is 1. The Morgan fingerprint density at radius 2 is 2.08 bits per heavy atom. The van der Waals surface area contributed by atoms with E-state index in [-0.39, 0.29) is 12.5 Å². The summed E-state index contributed by atoms with van der Waals surface area (Å²) in [6.07, 6.45) is 5.40. The van der Waals surface area contributed by atoms with Gasteiger partial charge in [-0.1, -0.05) is 31.4 Å². The fourth-order valence-corrected chi connectivity index (χ4v) is 3.53. The van der Waals surface area contributed by atoms with Crippen LogP contribution in [0.15, 0.2) is 24.3 Å². The van der Waals surface area contributed by atoms with Gasteiger partial charge in [0.15, 0.2) is 0 Å². The molecule has 0 saturated heterocycles. The molecule has 1 aliphatic rings. The van der Waals surface area contributed by atoms with Crippen LogP contribution < -0.4 is 5.32 Å². The summed E-state index contributed by atoms with van der Waals surface area (Å²) in [4.78, 5) is 19.3. The Balaban J connectivity index is 1.80. The zero-order chi connectivity index (χ0) is 17.8. The van der Waals surface area contributed by atoms with Crippen LogP contribution in [-0.2, 0) is 11.3 Å². The van der Waals surface area contributed by atoms with Crippen LogP contribution in [-0.4, -0.2) is 51.2 Å². The van der Waals surface area contributed by atoms with Crippen LogP contribution in [0, 0.1) is 0 Å². The summed E-state index contributed by atoms with van der Waals surface area (Å²) >= 11 is 0. The molecule has 1 aromatic heterocycles. The molecule has 1 amide bonds. The molecule has 1 aromatic carbocycles. The highest BCUT2D eigenvalue weighted by atomic mass is 16.3. The maximum atomic E-state index is 12.8. The van der Waals surface area contributed by atoms with Gasteiger partial charge < -0.3 is 19.9 Å². The van der Waals surface area contributed by atoms with Crippen LogP contribution in [0.3, 0.4) is 0 Å². The summed E-state index contributed by atoms with van der Waals surface area (Å²) in [6.45, 7) is 2.38. The number of aliphatic hydroxyl groups excluding tert-OH is 1. The van der Waals surface area contributed by atoms with Gasteiger partial charge in [0.1, 0.15) is 6.54 Å². The number of likely N-dealkylation sites (N-methyl/N-ethyl adjacent to an activating group) is 1. The first-order valence-electron chi connectivity index (χ1n) is 9.19. The van der Waals surface area contributed by atoms with Gasteiger partial charge >= 0.3 is 0 Å². The van der Waals surface area contributed by atoms with Gasteiger partial charge in [-0.05, 0) is 31.9 Å². The van der Waals surface area contributed by atoms with Crippen molar-refractivity contribution in [3.8, 4) is 0 Å². The van der Waals surface area contributed by atoms with E-state index in [1.54, 1.807) is 6.92 Å². The molecule has 0 bridgehead atoms. The first kappa shape index (κ1) is 17.7. The molecule has 2 N–H and O–H groups in total. The smallest absolute Gasteiger partial charge is 0.242 e. The SMILES string of the molecule is C[C@@H](O)CNc1nc2ccccc2n1CC(=O)N(C)C1CCCCC1. The Morgan fingerprint density at radius 3 is 2.80 bits per heavy atom. The minimum Gasteiger partial charge on any atom is -0.392 e. The number of fused-ring (bicyclic) bond motifs is 1. The van der Waals surface area contributed by atoms with Crippen molar-refractivity contribution in [3.05, 3.63) is 24.3 Å². The van der Waals surface area contributed by atoms with E-state index in [1.807, 2.05) is 40.8 Å². The molecule has 0 unspecified atom stereocenters. The van der Waals surface area contributed by atoms with Crippen molar-refractivity contribution in [1.29, 1.82) is 0 Å². The Morgan fingerprint density at radius 1 is 1.36 bits per heavy atom. The third-order valence-corrected chi connectivity index (χ3v) is 5.02. The second-order valence-electron chi connectivity index (χ2n) is 7.04. The number of aromatic nitrogens is 2. The largest absolute Gasteiger partial charge is 0.392 e. The molecule has 136 valence electrons. The zero-order valence-corrected chi connectivity index (χ0v) is 15.1. The van der Waals surface area contributed by atoms with Gasteiger partial charge in [-0.2, -0.15) is 0 Å². The summed E-state index contributed by atoms with van der Waals surface area (Å²) < 4.78 is 1.92. The summed E-state index contributed by atoms with van der Waals surface area (Å²) in [5, 5.41) is 12.7. The number of aliphatic hydroxyl groups is 1. The molecule has 25 heavy (non-hydrogen) atoms. The van der Waals surface area contributed by atoms with Crippen molar-refractivity contribution < 1.29 is 9.90 Å². The van der Waals surface area contributed by atoms with Crippen LogP contribution in [0.1, 0.15) is 39.0 Å². The van der Waals surface area contributed by atoms with E-state index >= 15 is 0 Å². The van der Waals surface area contributed by atoms with Gasteiger partial charge in [-0.3, -0.25) is 4.79 Å². The summed E-state index contributed by atoms with van der Waals surface area (Å²) in [5.41, 5.74) is 1.78. The number of carbonyl (C=O) groups excluding carboxylic acids is 1. The van der Waals surface area contributed by atoms with E-state index in [4.69, 9.17) is 0 Å². The van der Waals surface area contributed by atoms with Crippen molar-refractivity contribution in [2.75, 3.05) is 18.9 Å². The third-order valence-electron chi connectivity index (χ3n) is 5.02. The molecule has 0 aliphatic heterocycles. The lowest BCUT2D eigenvalue weighted by atomic mass is 9.94. The van der Waals surface area contributed by atoms with E-state index in [9.17, 15) is 9.90 Å². The predicted octanol–water partition coefficient (Wildman–Crippen LogP) is 2.62. The lowest BCUT2D eigenvalue weighted by Crippen LogP contribution is -2.40. The Bertz CT molecular complexity index is 719. The van der Waals surface area contributed by atoms with E-state index in [0.717, 1.165) is 23.9 Å². The van der Waals surface area contributed by atoms with Crippen LogP contribution in [0.4, 0.5) is 5.95 Å². The van der Waals surface area contributed by atoms with Crippen LogP contribution >= 0.6 is 0 Å². The van der Waals surface area contributed by atoms with Crippen molar-refractivity contribution in [1.82, 2.24) is 14.5 Å².